The molecule has 2 aromatic heterocycles. The minimum Gasteiger partial charge on any atom is -0.472 e. The highest BCUT2D eigenvalue weighted by molar-refractivity contribution is 5.92. The monoisotopic (exact) mass is 345 g/mol. The molecule has 0 fully saturated rings. The zero-order valence-electron chi connectivity index (χ0n) is 13.8. The number of rotatable bonds is 4. The molecule has 128 valence electrons. The molecule has 0 saturated heterocycles. The molecule has 0 atom stereocenters. The van der Waals surface area contributed by atoms with Crippen LogP contribution < -0.4 is 14.8 Å². The van der Waals surface area contributed by atoms with E-state index in [0.29, 0.717) is 6.54 Å². The number of anilines is 1. The summed E-state index contributed by atoms with van der Waals surface area (Å²) in [6.45, 7) is 0.901. The van der Waals surface area contributed by atoms with Crippen LogP contribution in [0.2, 0.25) is 0 Å². The SMILES string of the molecule is c1nc(NCc2ccc3c(c2)OCO3)c2cc(-c3ccoc3)ccc2n1. The second kappa shape index (κ2) is 6.07. The van der Waals surface area contributed by atoms with E-state index in [1.54, 1.807) is 18.9 Å². The number of hydrogen-bond acceptors (Lipinski definition) is 6. The summed E-state index contributed by atoms with van der Waals surface area (Å²) >= 11 is 0. The fourth-order valence-corrected chi connectivity index (χ4v) is 3.04. The first kappa shape index (κ1) is 14.8. The molecule has 0 bridgehead atoms. The summed E-state index contributed by atoms with van der Waals surface area (Å²) < 4.78 is 16.0. The first-order valence-electron chi connectivity index (χ1n) is 8.26. The van der Waals surface area contributed by atoms with Gasteiger partial charge in [0, 0.05) is 17.5 Å². The Kier molecular flexibility index (Phi) is 3.45. The first-order valence-corrected chi connectivity index (χ1v) is 8.26. The van der Waals surface area contributed by atoms with Gasteiger partial charge in [0.15, 0.2) is 11.5 Å². The lowest BCUT2D eigenvalue weighted by atomic mass is 10.1. The molecule has 1 aliphatic rings. The number of nitrogens with one attached hydrogen (secondary N) is 1. The van der Waals surface area contributed by atoms with Crippen molar-refractivity contribution in [2.45, 2.75) is 6.54 Å². The van der Waals surface area contributed by atoms with Crippen molar-refractivity contribution in [3.63, 3.8) is 0 Å². The van der Waals surface area contributed by atoms with E-state index in [2.05, 4.69) is 21.4 Å². The van der Waals surface area contributed by atoms with Gasteiger partial charge in [-0.3, -0.25) is 0 Å². The molecule has 6 nitrogen and oxygen atoms in total. The maximum absolute atomic E-state index is 5.43. The number of aromatic nitrogens is 2. The lowest BCUT2D eigenvalue weighted by molar-refractivity contribution is 0.174. The van der Waals surface area contributed by atoms with Crippen molar-refractivity contribution in [3.05, 3.63) is 66.9 Å². The van der Waals surface area contributed by atoms with Gasteiger partial charge < -0.3 is 19.2 Å². The maximum atomic E-state index is 5.43. The molecule has 0 aliphatic carbocycles. The summed E-state index contributed by atoms with van der Waals surface area (Å²) in [4.78, 5) is 8.77. The minimum absolute atomic E-state index is 0.277. The highest BCUT2D eigenvalue weighted by Gasteiger charge is 2.13. The number of furan rings is 1. The standard InChI is InChI=1S/C20H15N3O3/c1-4-18-19(26-12-25-18)7-13(1)9-21-20-16-8-14(15-5-6-24-10-15)2-3-17(16)22-11-23-20/h1-8,10-11H,9,12H2,(H,21,22,23). The smallest absolute Gasteiger partial charge is 0.231 e. The van der Waals surface area contributed by atoms with Crippen LogP contribution in [0.1, 0.15) is 5.56 Å². The fraction of sp³-hybridized carbons (Fsp3) is 0.100. The van der Waals surface area contributed by atoms with Crippen LogP contribution in [0.3, 0.4) is 0 Å². The zero-order valence-corrected chi connectivity index (χ0v) is 13.8. The molecule has 1 N–H and O–H groups in total. The lowest BCUT2D eigenvalue weighted by Crippen LogP contribution is -2.02. The molecule has 6 heteroatoms. The average Bonchev–Trinajstić information content (AvgIpc) is 3.37. The van der Waals surface area contributed by atoms with Crippen LogP contribution in [0.4, 0.5) is 5.82 Å². The van der Waals surface area contributed by atoms with Crippen molar-refractivity contribution in [2.24, 2.45) is 0 Å². The Morgan fingerprint density at radius 1 is 0.923 bits per heavy atom. The van der Waals surface area contributed by atoms with Crippen LogP contribution in [0, 0.1) is 0 Å². The molecular formula is C20H15N3O3. The summed E-state index contributed by atoms with van der Waals surface area (Å²) in [6.07, 6.45) is 4.96. The number of hydrogen-bond donors (Lipinski definition) is 1. The molecule has 4 aromatic rings. The quantitative estimate of drug-likeness (QED) is 0.597. The minimum atomic E-state index is 0.277. The molecule has 3 heterocycles. The molecule has 0 unspecified atom stereocenters. The van der Waals surface area contributed by atoms with E-state index in [9.17, 15) is 0 Å². The van der Waals surface area contributed by atoms with Gasteiger partial charge in [-0.2, -0.15) is 0 Å². The lowest BCUT2D eigenvalue weighted by Gasteiger charge is -2.10. The van der Waals surface area contributed by atoms with Crippen molar-refractivity contribution in [2.75, 3.05) is 12.1 Å². The Labute approximate surface area is 149 Å². The summed E-state index contributed by atoms with van der Waals surface area (Å²) in [5.41, 5.74) is 4.07. The normalized spacial score (nSPS) is 12.5. The number of nitrogens with zero attached hydrogens (tertiary/aromatic N) is 2. The van der Waals surface area contributed by atoms with Gasteiger partial charge >= 0.3 is 0 Å². The Bertz CT molecular complexity index is 1080. The van der Waals surface area contributed by atoms with Gasteiger partial charge in [0.1, 0.15) is 12.1 Å². The van der Waals surface area contributed by atoms with Gasteiger partial charge in [-0.1, -0.05) is 12.1 Å². The van der Waals surface area contributed by atoms with Crippen LogP contribution in [-0.4, -0.2) is 16.8 Å². The van der Waals surface area contributed by atoms with E-state index in [-0.39, 0.29) is 6.79 Å². The molecule has 1 aliphatic heterocycles. The van der Waals surface area contributed by atoms with Crippen LogP contribution in [0.25, 0.3) is 22.0 Å². The summed E-state index contributed by atoms with van der Waals surface area (Å²) in [7, 11) is 0. The first-order chi connectivity index (χ1) is 12.9. The predicted octanol–water partition coefficient (Wildman–Crippen LogP) is 4.23. The molecule has 5 rings (SSSR count). The van der Waals surface area contributed by atoms with E-state index >= 15 is 0 Å². The summed E-state index contributed by atoms with van der Waals surface area (Å²) in [5.74, 6) is 2.35. The number of fused-ring (bicyclic) bond motifs is 2. The van der Waals surface area contributed by atoms with Crippen LogP contribution >= 0.6 is 0 Å². The fourth-order valence-electron chi connectivity index (χ4n) is 3.04. The molecule has 26 heavy (non-hydrogen) atoms. The third kappa shape index (κ3) is 2.61. The molecule has 2 aromatic carbocycles. The van der Waals surface area contributed by atoms with Crippen molar-refractivity contribution < 1.29 is 13.9 Å². The van der Waals surface area contributed by atoms with Gasteiger partial charge in [-0.15, -0.1) is 0 Å². The van der Waals surface area contributed by atoms with E-state index in [1.807, 2.05) is 36.4 Å². The van der Waals surface area contributed by atoms with Gasteiger partial charge in [0.25, 0.3) is 0 Å². The Morgan fingerprint density at radius 2 is 1.88 bits per heavy atom. The largest absolute Gasteiger partial charge is 0.472 e. The van der Waals surface area contributed by atoms with Crippen molar-refractivity contribution in [1.29, 1.82) is 0 Å². The molecule has 0 amide bonds. The number of ether oxygens (including phenoxy) is 2. The maximum Gasteiger partial charge on any atom is 0.231 e. The van der Waals surface area contributed by atoms with Crippen molar-refractivity contribution in [3.8, 4) is 22.6 Å². The van der Waals surface area contributed by atoms with Gasteiger partial charge in [-0.05, 0) is 41.5 Å². The third-order valence-electron chi connectivity index (χ3n) is 4.39. The second-order valence-electron chi connectivity index (χ2n) is 6.01. The van der Waals surface area contributed by atoms with E-state index in [0.717, 1.165) is 44.9 Å². The highest BCUT2D eigenvalue weighted by atomic mass is 16.7. The van der Waals surface area contributed by atoms with E-state index in [4.69, 9.17) is 13.9 Å². The second-order valence-corrected chi connectivity index (χ2v) is 6.01. The van der Waals surface area contributed by atoms with Gasteiger partial charge in [0.05, 0.1) is 18.0 Å². The third-order valence-corrected chi connectivity index (χ3v) is 4.39. The van der Waals surface area contributed by atoms with Crippen LogP contribution in [-0.2, 0) is 6.54 Å². The molecule has 0 radical (unpaired) electrons. The van der Waals surface area contributed by atoms with Gasteiger partial charge in [0.2, 0.25) is 6.79 Å². The highest BCUT2D eigenvalue weighted by Crippen LogP contribution is 2.33. The van der Waals surface area contributed by atoms with E-state index in [1.165, 1.54) is 0 Å². The summed E-state index contributed by atoms with van der Waals surface area (Å²) in [6, 6.07) is 13.9. The topological polar surface area (TPSA) is 69.4 Å². The predicted molar refractivity (Wildman–Crippen MR) is 97.1 cm³/mol. The van der Waals surface area contributed by atoms with Gasteiger partial charge in [-0.25, -0.2) is 9.97 Å². The average molecular weight is 345 g/mol. The molecule has 0 saturated carbocycles. The Hall–Kier alpha value is -3.54. The van der Waals surface area contributed by atoms with Crippen molar-refractivity contribution in [1.82, 2.24) is 9.97 Å². The molecular weight excluding hydrogens is 330 g/mol. The van der Waals surface area contributed by atoms with E-state index < -0.39 is 0 Å². The Morgan fingerprint density at radius 3 is 2.81 bits per heavy atom. The zero-order chi connectivity index (χ0) is 17.3. The van der Waals surface area contributed by atoms with Crippen molar-refractivity contribution >= 4 is 16.7 Å². The molecule has 0 spiro atoms. The van der Waals surface area contributed by atoms with Crippen LogP contribution in [0.5, 0.6) is 11.5 Å². The van der Waals surface area contributed by atoms with Crippen LogP contribution in [0.15, 0.2) is 65.7 Å². The summed E-state index contributed by atoms with van der Waals surface area (Å²) in [5, 5.41) is 4.36. The number of benzene rings is 2. The Balaban J connectivity index is 1.45.